The first-order chi connectivity index (χ1) is 8.34. The van der Waals surface area contributed by atoms with Crippen LogP contribution in [0.2, 0.25) is 0 Å². The fourth-order valence-electron chi connectivity index (χ4n) is 1.57. The molecule has 0 saturated heterocycles. The second kappa shape index (κ2) is 6.03. The van der Waals surface area contributed by atoms with Gasteiger partial charge in [-0.3, -0.25) is 4.79 Å². The molecule has 0 saturated carbocycles. The number of hydrogen-bond acceptors (Lipinski definition) is 3. The van der Waals surface area contributed by atoms with Crippen molar-refractivity contribution in [2.24, 2.45) is 5.41 Å². The zero-order valence-electron chi connectivity index (χ0n) is 11.3. The molecule has 0 aromatic carbocycles. The van der Waals surface area contributed by atoms with E-state index in [2.05, 4.69) is 11.8 Å². The Bertz CT molecular complexity index is 474. The maximum absolute atomic E-state index is 12.0. The minimum atomic E-state index is -0.357. The van der Waals surface area contributed by atoms with E-state index in [9.17, 15) is 4.79 Å². The topological polar surface area (TPSA) is 40.5 Å². The smallest absolute Gasteiger partial charge is 0.227 e. The third-order valence-corrected chi connectivity index (χ3v) is 3.25. The Labute approximate surface area is 112 Å². The van der Waals surface area contributed by atoms with Crippen molar-refractivity contribution in [3.05, 3.63) is 21.9 Å². The molecule has 0 aliphatic rings. The summed E-state index contributed by atoms with van der Waals surface area (Å²) < 4.78 is 0. The van der Waals surface area contributed by atoms with Crippen molar-refractivity contribution in [1.82, 2.24) is 4.90 Å². The van der Waals surface area contributed by atoms with Crippen molar-refractivity contribution < 1.29 is 9.90 Å². The number of aliphatic hydroxyl groups is 1. The number of rotatable bonds is 2. The van der Waals surface area contributed by atoms with E-state index < -0.39 is 0 Å². The minimum Gasteiger partial charge on any atom is -0.384 e. The van der Waals surface area contributed by atoms with Gasteiger partial charge in [0.15, 0.2) is 0 Å². The van der Waals surface area contributed by atoms with Gasteiger partial charge in [-0.25, -0.2) is 0 Å². The zero-order valence-corrected chi connectivity index (χ0v) is 12.1. The summed E-state index contributed by atoms with van der Waals surface area (Å²) in [7, 11) is 1.81. The molecule has 0 atom stereocenters. The van der Waals surface area contributed by atoms with Crippen molar-refractivity contribution in [1.29, 1.82) is 0 Å². The van der Waals surface area contributed by atoms with Gasteiger partial charge in [0, 0.05) is 19.0 Å². The summed E-state index contributed by atoms with van der Waals surface area (Å²) in [6.07, 6.45) is 0. The predicted octanol–water partition coefficient (Wildman–Crippen LogP) is 2.10. The van der Waals surface area contributed by atoms with Gasteiger partial charge in [0.25, 0.3) is 0 Å². The Morgan fingerprint density at radius 3 is 2.72 bits per heavy atom. The summed E-state index contributed by atoms with van der Waals surface area (Å²) in [5.41, 5.74) is 0.715. The molecule has 0 spiro atoms. The highest BCUT2D eigenvalue weighted by molar-refractivity contribution is 7.10. The molecule has 1 aromatic heterocycles. The maximum Gasteiger partial charge on any atom is 0.227 e. The Balaban J connectivity index is 2.68. The lowest BCUT2D eigenvalue weighted by Crippen LogP contribution is -2.36. The van der Waals surface area contributed by atoms with Crippen LogP contribution >= 0.6 is 11.3 Å². The van der Waals surface area contributed by atoms with Crippen LogP contribution in [-0.2, 0) is 11.3 Å². The molecule has 18 heavy (non-hydrogen) atoms. The molecule has 0 fully saturated rings. The lowest BCUT2D eigenvalue weighted by molar-refractivity contribution is -0.138. The fourth-order valence-corrected chi connectivity index (χ4v) is 2.34. The second-order valence-corrected chi connectivity index (χ2v) is 6.10. The van der Waals surface area contributed by atoms with Gasteiger partial charge in [0.2, 0.25) is 5.91 Å². The monoisotopic (exact) mass is 265 g/mol. The van der Waals surface area contributed by atoms with E-state index in [1.807, 2.05) is 39.3 Å². The average molecular weight is 265 g/mol. The lowest BCUT2D eigenvalue weighted by atomic mass is 9.95. The number of amides is 1. The number of aliphatic hydroxyl groups excluding tert-OH is 1. The van der Waals surface area contributed by atoms with Gasteiger partial charge in [0.1, 0.15) is 6.61 Å². The first-order valence-corrected chi connectivity index (χ1v) is 6.65. The van der Waals surface area contributed by atoms with E-state index in [1.54, 1.807) is 4.90 Å². The van der Waals surface area contributed by atoms with Crippen LogP contribution in [0.5, 0.6) is 0 Å². The summed E-state index contributed by atoms with van der Waals surface area (Å²) in [4.78, 5) is 14.7. The van der Waals surface area contributed by atoms with Crippen molar-refractivity contribution in [2.45, 2.75) is 27.3 Å². The molecular formula is C14H19NO2S. The van der Waals surface area contributed by atoms with Crippen molar-refractivity contribution in [2.75, 3.05) is 13.7 Å². The normalized spacial score (nSPS) is 10.7. The number of nitrogens with zero attached hydrogens (tertiary/aromatic N) is 1. The highest BCUT2D eigenvalue weighted by Gasteiger charge is 2.24. The molecule has 1 rings (SSSR count). The van der Waals surface area contributed by atoms with Crippen LogP contribution in [0.4, 0.5) is 0 Å². The van der Waals surface area contributed by atoms with Gasteiger partial charge in [0.05, 0.1) is 4.88 Å². The van der Waals surface area contributed by atoms with Crippen LogP contribution in [0.15, 0.2) is 11.4 Å². The fraction of sp³-hybridized carbons (Fsp3) is 0.500. The minimum absolute atomic E-state index is 0.122. The van der Waals surface area contributed by atoms with Crippen LogP contribution in [0, 0.1) is 17.3 Å². The maximum atomic E-state index is 12.0. The van der Waals surface area contributed by atoms with E-state index >= 15 is 0 Å². The molecule has 1 amide bonds. The van der Waals surface area contributed by atoms with Crippen LogP contribution in [0.25, 0.3) is 0 Å². The van der Waals surface area contributed by atoms with Crippen LogP contribution < -0.4 is 0 Å². The van der Waals surface area contributed by atoms with Gasteiger partial charge in [-0.05, 0) is 17.0 Å². The highest BCUT2D eigenvalue weighted by atomic mass is 32.1. The van der Waals surface area contributed by atoms with Gasteiger partial charge in [-0.2, -0.15) is 0 Å². The Hall–Kier alpha value is -1.31. The first kappa shape index (κ1) is 14.7. The highest BCUT2D eigenvalue weighted by Crippen LogP contribution is 2.20. The van der Waals surface area contributed by atoms with Crippen LogP contribution in [-0.4, -0.2) is 29.6 Å². The summed E-state index contributed by atoms with van der Waals surface area (Å²) >= 11 is 1.53. The third kappa shape index (κ3) is 4.17. The molecule has 1 N–H and O–H groups in total. The molecule has 98 valence electrons. The molecule has 0 unspecified atom stereocenters. The predicted molar refractivity (Wildman–Crippen MR) is 74.2 cm³/mol. The van der Waals surface area contributed by atoms with Gasteiger partial charge in [-0.15, -0.1) is 11.3 Å². The van der Waals surface area contributed by atoms with Gasteiger partial charge in [-0.1, -0.05) is 32.6 Å². The van der Waals surface area contributed by atoms with E-state index in [4.69, 9.17) is 5.11 Å². The Morgan fingerprint density at radius 2 is 2.17 bits per heavy atom. The molecule has 0 aliphatic carbocycles. The molecule has 0 bridgehead atoms. The van der Waals surface area contributed by atoms with Crippen molar-refractivity contribution in [3.8, 4) is 11.8 Å². The second-order valence-electron chi connectivity index (χ2n) is 5.19. The quantitative estimate of drug-likeness (QED) is 0.832. The number of hydrogen-bond donors (Lipinski definition) is 1. The Morgan fingerprint density at radius 1 is 1.50 bits per heavy atom. The van der Waals surface area contributed by atoms with E-state index in [-0.39, 0.29) is 17.9 Å². The number of thiophene rings is 1. The van der Waals surface area contributed by atoms with Crippen LogP contribution in [0.3, 0.4) is 0 Å². The lowest BCUT2D eigenvalue weighted by Gasteiger charge is -2.25. The molecule has 1 heterocycles. The molecule has 0 radical (unpaired) electrons. The summed E-state index contributed by atoms with van der Waals surface area (Å²) in [5.74, 6) is 5.60. The summed E-state index contributed by atoms with van der Waals surface area (Å²) in [5, 5.41) is 10.6. The first-order valence-electron chi connectivity index (χ1n) is 5.77. The van der Waals surface area contributed by atoms with Crippen LogP contribution in [0.1, 0.15) is 31.2 Å². The zero-order chi connectivity index (χ0) is 13.8. The standard InChI is InChI=1S/C14H19NO2S/c1-14(2,3)13(17)15(4)9-11-8-12(18-10-11)6-5-7-16/h8,10,16H,7,9H2,1-4H3. The average Bonchev–Trinajstić information content (AvgIpc) is 2.71. The van der Waals surface area contributed by atoms with Crippen molar-refractivity contribution >= 4 is 17.2 Å². The van der Waals surface area contributed by atoms with Gasteiger partial charge >= 0.3 is 0 Å². The summed E-state index contributed by atoms with van der Waals surface area (Å²) in [6, 6.07) is 1.96. The third-order valence-electron chi connectivity index (χ3n) is 2.35. The largest absolute Gasteiger partial charge is 0.384 e. The molecule has 1 aromatic rings. The molecular weight excluding hydrogens is 246 g/mol. The van der Waals surface area contributed by atoms with Gasteiger partial charge < -0.3 is 10.0 Å². The van der Waals surface area contributed by atoms with E-state index in [0.717, 1.165) is 10.4 Å². The summed E-state index contributed by atoms with van der Waals surface area (Å²) in [6.45, 7) is 6.20. The molecule has 0 aliphatic heterocycles. The van der Waals surface area contributed by atoms with Crippen molar-refractivity contribution in [3.63, 3.8) is 0 Å². The Kier molecular flexibility index (Phi) is 4.94. The van der Waals surface area contributed by atoms with E-state index in [0.29, 0.717) is 6.54 Å². The molecule has 3 nitrogen and oxygen atoms in total. The number of carbonyl (C=O) groups is 1. The SMILES string of the molecule is CN(Cc1csc(C#CCO)c1)C(=O)C(C)(C)C. The number of carbonyl (C=O) groups excluding carboxylic acids is 1. The molecule has 4 heteroatoms. The van der Waals surface area contributed by atoms with E-state index in [1.165, 1.54) is 11.3 Å².